The standard InChI is InChI=1S/C19H22N2O5S2/c1-15-7-9-18(10-8-15)28(25,26)20-19(22)21(13-16-5-3-2-4-6-16)17-11-12-27(23,24)14-17/h2-10,17H,11-14H2,1H3,(H,20,22). The summed E-state index contributed by atoms with van der Waals surface area (Å²) >= 11 is 0. The molecule has 0 aliphatic carbocycles. The second-order valence-corrected chi connectivity index (χ2v) is 10.8. The number of aryl methyl sites for hydroxylation is 1. The summed E-state index contributed by atoms with van der Waals surface area (Å²) in [4.78, 5) is 14.1. The molecule has 1 fully saturated rings. The molecule has 0 spiro atoms. The second-order valence-electron chi connectivity index (χ2n) is 6.89. The number of sulfone groups is 1. The molecule has 9 heteroatoms. The SMILES string of the molecule is Cc1ccc(S(=O)(=O)NC(=O)N(Cc2ccccc2)C2CCS(=O)(=O)C2)cc1. The van der Waals surface area contributed by atoms with Crippen LogP contribution in [0.4, 0.5) is 4.79 Å². The van der Waals surface area contributed by atoms with Crippen LogP contribution in [0.2, 0.25) is 0 Å². The lowest BCUT2D eigenvalue weighted by molar-refractivity contribution is 0.182. The molecule has 1 atom stereocenters. The monoisotopic (exact) mass is 422 g/mol. The first-order valence-electron chi connectivity index (χ1n) is 8.81. The van der Waals surface area contributed by atoms with Gasteiger partial charge in [-0.2, -0.15) is 0 Å². The highest BCUT2D eigenvalue weighted by Crippen LogP contribution is 2.21. The Hall–Kier alpha value is -2.39. The number of amides is 2. The predicted octanol–water partition coefficient (Wildman–Crippen LogP) is 2.08. The molecular weight excluding hydrogens is 400 g/mol. The maximum atomic E-state index is 12.8. The number of sulfonamides is 1. The molecule has 1 N–H and O–H groups in total. The van der Waals surface area contributed by atoms with E-state index >= 15 is 0 Å². The Morgan fingerprint density at radius 2 is 1.75 bits per heavy atom. The molecule has 1 heterocycles. The minimum Gasteiger partial charge on any atom is -0.316 e. The zero-order valence-electron chi connectivity index (χ0n) is 15.4. The number of nitrogens with zero attached hydrogens (tertiary/aromatic N) is 1. The van der Waals surface area contributed by atoms with E-state index in [1.165, 1.54) is 17.0 Å². The lowest BCUT2D eigenvalue weighted by Crippen LogP contribution is -2.48. The van der Waals surface area contributed by atoms with E-state index < -0.39 is 31.9 Å². The zero-order valence-corrected chi connectivity index (χ0v) is 17.0. The third kappa shape index (κ3) is 4.90. The molecule has 0 saturated carbocycles. The Morgan fingerprint density at radius 3 is 2.32 bits per heavy atom. The smallest absolute Gasteiger partial charge is 0.316 e. The van der Waals surface area contributed by atoms with E-state index in [1.807, 2.05) is 13.0 Å². The second kappa shape index (κ2) is 7.92. The average molecular weight is 423 g/mol. The fourth-order valence-electron chi connectivity index (χ4n) is 3.12. The van der Waals surface area contributed by atoms with E-state index in [2.05, 4.69) is 4.72 Å². The van der Waals surface area contributed by atoms with Gasteiger partial charge in [0.1, 0.15) is 0 Å². The molecule has 2 aromatic rings. The van der Waals surface area contributed by atoms with Crippen LogP contribution in [0.15, 0.2) is 59.5 Å². The van der Waals surface area contributed by atoms with Gasteiger partial charge in [0.2, 0.25) is 0 Å². The topological polar surface area (TPSA) is 101 Å². The first kappa shape index (κ1) is 20.3. The van der Waals surface area contributed by atoms with Crippen molar-refractivity contribution in [2.24, 2.45) is 0 Å². The number of rotatable bonds is 5. The van der Waals surface area contributed by atoms with Gasteiger partial charge in [0.25, 0.3) is 10.0 Å². The van der Waals surface area contributed by atoms with E-state index in [-0.39, 0.29) is 29.4 Å². The molecule has 1 saturated heterocycles. The maximum absolute atomic E-state index is 12.8. The van der Waals surface area contributed by atoms with Crippen molar-refractivity contribution in [2.45, 2.75) is 30.8 Å². The van der Waals surface area contributed by atoms with Crippen molar-refractivity contribution < 1.29 is 21.6 Å². The largest absolute Gasteiger partial charge is 0.331 e. The first-order valence-corrected chi connectivity index (χ1v) is 12.1. The van der Waals surface area contributed by atoms with Crippen LogP contribution >= 0.6 is 0 Å². The number of benzene rings is 2. The fourth-order valence-corrected chi connectivity index (χ4v) is 5.81. The van der Waals surface area contributed by atoms with E-state index in [0.29, 0.717) is 0 Å². The summed E-state index contributed by atoms with van der Waals surface area (Å²) in [5.41, 5.74) is 1.68. The lowest BCUT2D eigenvalue weighted by Gasteiger charge is -2.28. The number of hydrogen-bond acceptors (Lipinski definition) is 5. The van der Waals surface area contributed by atoms with Crippen molar-refractivity contribution >= 4 is 25.9 Å². The minimum absolute atomic E-state index is 0.0129. The van der Waals surface area contributed by atoms with Gasteiger partial charge in [0.05, 0.1) is 16.4 Å². The molecule has 150 valence electrons. The van der Waals surface area contributed by atoms with Crippen LogP contribution in [-0.2, 0) is 26.4 Å². The molecule has 2 aromatic carbocycles. The van der Waals surface area contributed by atoms with Gasteiger partial charge in [-0.25, -0.2) is 26.4 Å². The van der Waals surface area contributed by atoms with Crippen molar-refractivity contribution in [3.8, 4) is 0 Å². The van der Waals surface area contributed by atoms with E-state index in [1.54, 1.807) is 36.4 Å². The van der Waals surface area contributed by atoms with Gasteiger partial charge in [-0.3, -0.25) is 0 Å². The molecule has 7 nitrogen and oxygen atoms in total. The van der Waals surface area contributed by atoms with E-state index in [0.717, 1.165) is 11.1 Å². The molecule has 1 unspecified atom stereocenters. The molecule has 0 aromatic heterocycles. The van der Waals surface area contributed by atoms with Crippen molar-refractivity contribution in [2.75, 3.05) is 11.5 Å². The van der Waals surface area contributed by atoms with Crippen molar-refractivity contribution in [3.63, 3.8) is 0 Å². The average Bonchev–Trinajstić information content (AvgIpc) is 3.00. The van der Waals surface area contributed by atoms with Crippen molar-refractivity contribution in [1.29, 1.82) is 0 Å². The predicted molar refractivity (Wildman–Crippen MR) is 106 cm³/mol. The number of carbonyl (C=O) groups excluding carboxylic acids is 1. The Labute approximate surface area is 165 Å². The highest BCUT2D eigenvalue weighted by molar-refractivity contribution is 7.91. The minimum atomic E-state index is -4.06. The molecule has 3 rings (SSSR count). The van der Waals surface area contributed by atoms with Gasteiger partial charge >= 0.3 is 6.03 Å². The van der Waals surface area contributed by atoms with Crippen LogP contribution < -0.4 is 4.72 Å². The normalized spacial score (nSPS) is 18.5. The molecule has 0 radical (unpaired) electrons. The Morgan fingerprint density at radius 1 is 1.11 bits per heavy atom. The maximum Gasteiger partial charge on any atom is 0.331 e. The van der Waals surface area contributed by atoms with Gasteiger partial charge < -0.3 is 4.90 Å². The Balaban J connectivity index is 1.84. The molecule has 2 amide bonds. The van der Waals surface area contributed by atoms with Crippen LogP contribution in [0.5, 0.6) is 0 Å². The molecule has 28 heavy (non-hydrogen) atoms. The molecular formula is C19H22N2O5S2. The lowest BCUT2D eigenvalue weighted by atomic mass is 10.1. The van der Waals surface area contributed by atoms with Gasteiger partial charge in [-0.15, -0.1) is 0 Å². The molecule has 1 aliphatic heterocycles. The summed E-state index contributed by atoms with van der Waals surface area (Å²) in [5, 5.41) is 0. The van der Waals surface area contributed by atoms with Crippen LogP contribution in [0.1, 0.15) is 17.5 Å². The van der Waals surface area contributed by atoms with E-state index in [9.17, 15) is 21.6 Å². The summed E-state index contributed by atoms with van der Waals surface area (Å²) in [6.07, 6.45) is 0.285. The van der Waals surface area contributed by atoms with Crippen molar-refractivity contribution in [1.82, 2.24) is 9.62 Å². The van der Waals surface area contributed by atoms with Crippen LogP contribution in [-0.4, -0.2) is 45.3 Å². The summed E-state index contributed by atoms with van der Waals surface area (Å²) in [6, 6.07) is 13.8. The quantitative estimate of drug-likeness (QED) is 0.795. The van der Waals surface area contributed by atoms with Crippen LogP contribution in [0.3, 0.4) is 0 Å². The van der Waals surface area contributed by atoms with Gasteiger partial charge in [-0.1, -0.05) is 48.0 Å². The van der Waals surface area contributed by atoms with Gasteiger partial charge in [-0.05, 0) is 31.0 Å². The summed E-state index contributed by atoms with van der Waals surface area (Å²) in [6.45, 7) is 1.95. The highest BCUT2D eigenvalue weighted by atomic mass is 32.2. The van der Waals surface area contributed by atoms with Crippen LogP contribution in [0, 0.1) is 6.92 Å². The number of urea groups is 1. The third-order valence-corrected chi connectivity index (χ3v) is 7.75. The summed E-state index contributed by atoms with van der Waals surface area (Å²) in [7, 11) is -7.30. The molecule has 1 aliphatic rings. The summed E-state index contributed by atoms with van der Waals surface area (Å²) < 4.78 is 51.0. The Bertz CT molecular complexity index is 1050. The number of hydrogen-bond donors (Lipinski definition) is 1. The molecule has 0 bridgehead atoms. The Kier molecular flexibility index (Phi) is 5.76. The first-order chi connectivity index (χ1) is 13.2. The fraction of sp³-hybridized carbons (Fsp3) is 0.316. The number of nitrogens with one attached hydrogen (secondary N) is 1. The van der Waals surface area contributed by atoms with Crippen LogP contribution in [0.25, 0.3) is 0 Å². The van der Waals surface area contributed by atoms with E-state index in [4.69, 9.17) is 0 Å². The third-order valence-electron chi connectivity index (χ3n) is 4.66. The van der Waals surface area contributed by atoms with Gasteiger partial charge in [0, 0.05) is 12.6 Å². The summed E-state index contributed by atoms with van der Waals surface area (Å²) in [5.74, 6) is -0.182. The highest BCUT2D eigenvalue weighted by Gasteiger charge is 2.36. The number of carbonyl (C=O) groups is 1. The van der Waals surface area contributed by atoms with Gasteiger partial charge in [0.15, 0.2) is 9.84 Å². The zero-order chi connectivity index (χ0) is 20.4. The van der Waals surface area contributed by atoms with Crippen molar-refractivity contribution in [3.05, 3.63) is 65.7 Å².